The number of hydrogen-bond acceptors (Lipinski definition) is 5. The van der Waals surface area contributed by atoms with Gasteiger partial charge in [0, 0.05) is 82.6 Å². The van der Waals surface area contributed by atoms with E-state index in [1.54, 1.807) is 37.3 Å². The summed E-state index contributed by atoms with van der Waals surface area (Å²) in [5, 5.41) is 1.55. The van der Waals surface area contributed by atoms with Gasteiger partial charge < -0.3 is 14.4 Å². The maximum absolute atomic E-state index is 14.5. The average molecular weight is 677 g/mol. The Bertz CT molecular complexity index is 1670. The maximum atomic E-state index is 14.5. The normalized spacial score (nSPS) is 26.8. The molecule has 4 atom stereocenters. The molecule has 48 heavy (non-hydrogen) atoms. The summed E-state index contributed by atoms with van der Waals surface area (Å²) in [5.74, 6) is 2.12. The van der Waals surface area contributed by atoms with E-state index in [0.29, 0.717) is 46.1 Å². The monoisotopic (exact) mass is 676 g/mol. The molecular weight excluding hydrogens is 627 g/mol. The molecular formula is C38H50ClFN6O2. The number of benzene rings is 1. The number of aromatic nitrogens is 2. The number of amides is 2. The number of likely N-dealkylation sites (tertiary alicyclic amines) is 3. The van der Waals surface area contributed by atoms with Crippen LogP contribution in [0.2, 0.25) is 5.02 Å². The van der Waals surface area contributed by atoms with Crippen LogP contribution in [-0.4, -0.2) is 105 Å². The summed E-state index contributed by atoms with van der Waals surface area (Å²) in [5.41, 5.74) is 2.92. The Hall–Kier alpha value is -3.01. The molecule has 0 bridgehead atoms. The molecule has 4 fully saturated rings. The summed E-state index contributed by atoms with van der Waals surface area (Å²) < 4.78 is 16.5. The lowest BCUT2D eigenvalue weighted by molar-refractivity contribution is -0.128. The number of rotatable bonds is 9. The summed E-state index contributed by atoms with van der Waals surface area (Å²) in [4.78, 5) is 38.9. The third-order valence-corrected chi connectivity index (χ3v) is 12.5. The molecule has 2 amide bonds. The summed E-state index contributed by atoms with van der Waals surface area (Å²) >= 11 is 6.81. The first-order valence-corrected chi connectivity index (χ1v) is 18.3. The lowest BCUT2D eigenvalue weighted by Crippen LogP contribution is -2.52. The molecule has 1 aromatic carbocycles. The molecule has 0 unspecified atom stereocenters. The van der Waals surface area contributed by atoms with Gasteiger partial charge in [-0.25, -0.2) is 4.39 Å². The molecule has 1 aliphatic carbocycles. The number of halogens is 2. The van der Waals surface area contributed by atoms with E-state index in [4.69, 9.17) is 11.6 Å². The molecule has 3 aliphatic heterocycles. The van der Waals surface area contributed by atoms with Crippen molar-refractivity contribution >= 4 is 34.3 Å². The molecule has 3 aromatic rings. The first-order chi connectivity index (χ1) is 23.0. The minimum atomic E-state index is -0.439. The van der Waals surface area contributed by atoms with E-state index in [1.807, 2.05) is 23.3 Å². The van der Waals surface area contributed by atoms with Crippen molar-refractivity contribution in [3.05, 3.63) is 58.8 Å². The van der Waals surface area contributed by atoms with Crippen LogP contribution in [0.25, 0.3) is 16.6 Å². The first-order valence-electron chi connectivity index (χ1n) is 18.0. The van der Waals surface area contributed by atoms with E-state index in [1.165, 1.54) is 31.4 Å². The van der Waals surface area contributed by atoms with Gasteiger partial charge in [-0.2, -0.15) is 0 Å². The minimum absolute atomic E-state index is 0.0233. The quantitative estimate of drug-likeness (QED) is 0.273. The standard InChI is InChI=1S/C38H50ClFN6O2/c1-6-34(26-12-31(13-26)45-20-28-18-44(24(4)47)19-29(28)21-45)43-10-9-25(17-43)11-27-22-46(36-16-41-15-33(39)37(27)36)35-8-7-30(40)14-32(35)38(48)42(5)23(2)3/h7-8,14-16,22-23,25-26,28-29,31,34H,6,9-13,17-21H2,1-5H3/t25-,26-,28-,29-,31+,34+/m1/s1. The number of carbonyl (C=O) groups is 2. The molecule has 2 aromatic heterocycles. The fourth-order valence-electron chi connectivity index (χ4n) is 9.24. The number of nitrogens with zero attached hydrogens (tertiary/aromatic N) is 6. The van der Waals surface area contributed by atoms with Gasteiger partial charge in [0.2, 0.25) is 5.91 Å². The van der Waals surface area contributed by atoms with Crippen LogP contribution in [0.4, 0.5) is 4.39 Å². The van der Waals surface area contributed by atoms with E-state index in [9.17, 15) is 14.0 Å². The Morgan fingerprint density at radius 3 is 2.48 bits per heavy atom. The summed E-state index contributed by atoms with van der Waals surface area (Å²) in [6.45, 7) is 14.3. The van der Waals surface area contributed by atoms with Crippen molar-refractivity contribution in [2.45, 2.75) is 77.9 Å². The molecule has 1 saturated carbocycles. The molecule has 0 spiro atoms. The van der Waals surface area contributed by atoms with Crippen LogP contribution < -0.4 is 0 Å². The zero-order valence-corrected chi connectivity index (χ0v) is 29.8. The number of fused-ring (bicyclic) bond motifs is 2. The van der Waals surface area contributed by atoms with Gasteiger partial charge in [0.05, 0.1) is 28.0 Å². The highest BCUT2D eigenvalue weighted by Gasteiger charge is 2.47. The Labute approximate surface area is 289 Å². The van der Waals surface area contributed by atoms with Crippen molar-refractivity contribution in [3.63, 3.8) is 0 Å². The minimum Gasteiger partial charge on any atom is -0.342 e. The molecule has 0 radical (unpaired) electrons. The third kappa shape index (κ3) is 6.15. The predicted molar refractivity (Wildman–Crippen MR) is 188 cm³/mol. The van der Waals surface area contributed by atoms with Crippen molar-refractivity contribution in [1.29, 1.82) is 0 Å². The van der Waals surface area contributed by atoms with E-state index >= 15 is 0 Å². The molecule has 8 nitrogen and oxygen atoms in total. The summed E-state index contributed by atoms with van der Waals surface area (Å²) in [6.07, 6.45) is 11.4. The topological polar surface area (TPSA) is 64.9 Å². The van der Waals surface area contributed by atoms with Crippen LogP contribution >= 0.6 is 11.6 Å². The lowest BCUT2D eigenvalue weighted by atomic mass is 9.73. The van der Waals surface area contributed by atoms with Crippen molar-refractivity contribution in [3.8, 4) is 5.69 Å². The molecule has 4 aliphatic rings. The van der Waals surface area contributed by atoms with Gasteiger partial charge >= 0.3 is 0 Å². The maximum Gasteiger partial charge on any atom is 0.256 e. The van der Waals surface area contributed by atoms with Gasteiger partial charge in [-0.3, -0.25) is 24.4 Å². The highest BCUT2D eigenvalue weighted by Crippen LogP contribution is 2.43. The summed E-state index contributed by atoms with van der Waals surface area (Å²) in [7, 11) is 1.75. The highest BCUT2D eigenvalue weighted by molar-refractivity contribution is 6.35. The van der Waals surface area contributed by atoms with Gasteiger partial charge in [-0.05, 0) is 99.9 Å². The van der Waals surface area contributed by atoms with Crippen LogP contribution in [-0.2, 0) is 11.2 Å². The molecule has 258 valence electrons. The smallest absolute Gasteiger partial charge is 0.256 e. The van der Waals surface area contributed by atoms with Crippen molar-refractivity contribution < 1.29 is 14.0 Å². The Morgan fingerprint density at radius 2 is 1.81 bits per heavy atom. The van der Waals surface area contributed by atoms with E-state index < -0.39 is 5.82 Å². The second-order valence-electron chi connectivity index (χ2n) is 15.3. The van der Waals surface area contributed by atoms with Gasteiger partial charge in [-0.15, -0.1) is 0 Å². The summed E-state index contributed by atoms with van der Waals surface area (Å²) in [6, 6.07) is 5.72. The number of carbonyl (C=O) groups excluding carboxylic acids is 2. The zero-order chi connectivity index (χ0) is 33.9. The third-order valence-electron chi connectivity index (χ3n) is 12.2. The Kier molecular flexibility index (Phi) is 9.32. The second-order valence-corrected chi connectivity index (χ2v) is 15.7. The van der Waals surface area contributed by atoms with Crippen molar-refractivity contribution in [2.24, 2.45) is 23.7 Å². The van der Waals surface area contributed by atoms with Gasteiger partial charge in [-0.1, -0.05) is 18.5 Å². The predicted octanol–water partition coefficient (Wildman–Crippen LogP) is 6.13. The molecule has 0 N–H and O–H groups in total. The largest absolute Gasteiger partial charge is 0.342 e. The van der Waals surface area contributed by atoms with E-state index in [0.717, 1.165) is 74.5 Å². The lowest BCUT2D eigenvalue weighted by Gasteiger charge is -2.47. The van der Waals surface area contributed by atoms with Crippen molar-refractivity contribution in [2.75, 3.05) is 46.3 Å². The highest BCUT2D eigenvalue weighted by atomic mass is 35.5. The van der Waals surface area contributed by atoms with Gasteiger partial charge in [0.25, 0.3) is 5.91 Å². The average Bonchev–Trinajstić information content (AvgIpc) is 3.82. The zero-order valence-electron chi connectivity index (χ0n) is 29.0. The second kappa shape index (κ2) is 13.4. The van der Waals surface area contributed by atoms with Crippen LogP contribution in [0.1, 0.15) is 69.3 Å². The number of hydrogen-bond donors (Lipinski definition) is 0. The van der Waals surface area contributed by atoms with Crippen LogP contribution in [0, 0.1) is 29.5 Å². The van der Waals surface area contributed by atoms with Gasteiger partial charge in [0.15, 0.2) is 0 Å². The Morgan fingerprint density at radius 1 is 1.08 bits per heavy atom. The van der Waals surface area contributed by atoms with E-state index in [-0.39, 0.29) is 17.9 Å². The van der Waals surface area contributed by atoms with Crippen LogP contribution in [0.5, 0.6) is 0 Å². The van der Waals surface area contributed by atoms with Crippen LogP contribution in [0.15, 0.2) is 36.8 Å². The molecule has 10 heteroatoms. The number of pyridine rings is 1. The molecule has 7 rings (SSSR count). The molecule has 3 saturated heterocycles. The van der Waals surface area contributed by atoms with Crippen LogP contribution in [0.3, 0.4) is 0 Å². The fraction of sp³-hybridized carbons (Fsp3) is 0.605. The molecule has 5 heterocycles. The van der Waals surface area contributed by atoms with Gasteiger partial charge in [0.1, 0.15) is 5.82 Å². The van der Waals surface area contributed by atoms with E-state index in [2.05, 4.69) is 27.9 Å². The Balaban J connectivity index is 1.04. The fourth-order valence-corrected chi connectivity index (χ4v) is 9.52. The first kappa shape index (κ1) is 33.5. The van der Waals surface area contributed by atoms with Crippen molar-refractivity contribution in [1.82, 2.24) is 29.2 Å². The SMILES string of the molecule is CC[C@@H]([C@H]1C[C@@H](N2C[C@H]3CN(C(C)=O)C[C@@H]3C2)C1)N1CC[C@H](Cc2cn(-c3ccc(F)cc3C(=O)N(C)C(C)C)c3cncc(Cl)c23)C1.